The Morgan fingerprint density at radius 2 is 1.76 bits per heavy atom. The van der Waals surface area contributed by atoms with E-state index >= 15 is 0 Å². The molecule has 0 amide bonds. The van der Waals surface area contributed by atoms with Crippen LogP contribution in [0.1, 0.15) is 17.4 Å². The van der Waals surface area contributed by atoms with Gasteiger partial charge in [0.15, 0.2) is 0 Å². The minimum Gasteiger partial charge on any atom is -0.461 e. The van der Waals surface area contributed by atoms with Crippen LogP contribution in [0.4, 0.5) is 0 Å². The first-order chi connectivity index (χ1) is 12.2. The molecule has 4 rings (SSSR count). The number of rotatable bonds is 3. The van der Waals surface area contributed by atoms with E-state index in [1.807, 2.05) is 55.6 Å². The zero-order chi connectivity index (χ0) is 17.4. The van der Waals surface area contributed by atoms with Crippen LogP contribution in [0.15, 0.2) is 60.7 Å². The quantitative estimate of drug-likeness (QED) is 0.517. The van der Waals surface area contributed by atoms with E-state index in [0.29, 0.717) is 12.3 Å². The second kappa shape index (κ2) is 6.06. The Morgan fingerprint density at radius 1 is 1.04 bits per heavy atom. The van der Waals surface area contributed by atoms with E-state index in [9.17, 15) is 4.79 Å². The number of fused-ring (bicyclic) bond motifs is 3. The molecule has 4 nitrogen and oxygen atoms in total. The van der Waals surface area contributed by atoms with Crippen LogP contribution in [0.3, 0.4) is 0 Å². The number of para-hydroxylation sites is 1. The van der Waals surface area contributed by atoms with Crippen LogP contribution in [0.2, 0.25) is 0 Å². The molecule has 2 heterocycles. The number of esters is 1. The van der Waals surface area contributed by atoms with Crippen molar-refractivity contribution in [3.05, 3.63) is 66.4 Å². The van der Waals surface area contributed by atoms with E-state index in [1.54, 1.807) is 6.92 Å². The van der Waals surface area contributed by atoms with Crippen molar-refractivity contribution in [2.24, 2.45) is 7.05 Å². The second-order valence-corrected chi connectivity index (χ2v) is 5.91. The van der Waals surface area contributed by atoms with Crippen LogP contribution in [0.25, 0.3) is 33.1 Å². The van der Waals surface area contributed by atoms with Gasteiger partial charge in [0, 0.05) is 28.9 Å². The number of carbonyl (C=O) groups excluding carboxylic acids is 1. The summed E-state index contributed by atoms with van der Waals surface area (Å²) in [6, 6.07) is 19.9. The molecule has 0 atom stereocenters. The van der Waals surface area contributed by atoms with E-state index in [2.05, 4.69) is 21.7 Å². The monoisotopic (exact) mass is 330 g/mol. The Bertz CT molecular complexity index is 1080. The van der Waals surface area contributed by atoms with Crippen molar-refractivity contribution in [1.29, 1.82) is 0 Å². The highest BCUT2D eigenvalue weighted by Gasteiger charge is 2.19. The Morgan fingerprint density at radius 3 is 2.52 bits per heavy atom. The van der Waals surface area contributed by atoms with Crippen molar-refractivity contribution < 1.29 is 9.53 Å². The third-order valence-corrected chi connectivity index (χ3v) is 4.42. The molecule has 0 radical (unpaired) electrons. The van der Waals surface area contributed by atoms with Gasteiger partial charge in [0.2, 0.25) is 0 Å². The third-order valence-electron chi connectivity index (χ3n) is 4.42. The van der Waals surface area contributed by atoms with E-state index in [4.69, 9.17) is 4.74 Å². The lowest BCUT2D eigenvalue weighted by molar-refractivity contribution is 0.0520. The molecule has 0 fully saturated rings. The zero-order valence-electron chi connectivity index (χ0n) is 14.2. The van der Waals surface area contributed by atoms with Crippen molar-refractivity contribution in [3.8, 4) is 11.3 Å². The molecule has 25 heavy (non-hydrogen) atoms. The summed E-state index contributed by atoms with van der Waals surface area (Å²) < 4.78 is 7.31. The Labute approximate surface area is 145 Å². The van der Waals surface area contributed by atoms with Gasteiger partial charge in [0.25, 0.3) is 0 Å². The van der Waals surface area contributed by atoms with Crippen molar-refractivity contribution in [2.75, 3.05) is 6.61 Å². The highest BCUT2D eigenvalue weighted by molar-refractivity contribution is 6.13. The van der Waals surface area contributed by atoms with Crippen molar-refractivity contribution in [3.63, 3.8) is 0 Å². The molecule has 2 aromatic carbocycles. The Hall–Kier alpha value is -3.14. The fourth-order valence-corrected chi connectivity index (χ4v) is 3.30. The highest BCUT2D eigenvalue weighted by Crippen LogP contribution is 2.34. The average molecular weight is 330 g/mol. The predicted octanol–water partition coefficient (Wildman–Crippen LogP) is 4.57. The summed E-state index contributed by atoms with van der Waals surface area (Å²) in [5.74, 6) is -0.394. The minimum absolute atomic E-state index is 0.328. The molecular formula is C21H18N2O2. The smallest absolute Gasteiger partial charge is 0.356 e. The number of hydrogen-bond acceptors (Lipinski definition) is 3. The Balaban J connectivity index is 2.12. The molecule has 0 unspecified atom stereocenters. The van der Waals surface area contributed by atoms with Gasteiger partial charge in [-0.05, 0) is 19.1 Å². The predicted molar refractivity (Wildman–Crippen MR) is 99.6 cm³/mol. The summed E-state index contributed by atoms with van der Waals surface area (Å²) in [5, 5.41) is 2.11. The van der Waals surface area contributed by atoms with Crippen LogP contribution in [0.5, 0.6) is 0 Å². The lowest BCUT2D eigenvalue weighted by Gasteiger charge is -2.09. The molecule has 4 heteroatoms. The molecule has 0 N–H and O–H groups in total. The molecule has 0 aliphatic carbocycles. The number of ether oxygens (including phenoxy) is 1. The summed E-state index contributed by atoms with van der Waals surface area (Å²) in [6.45, 7) is 2.13. The standard InChI is InChI=1S/C21H18N2O2/c1-3-25-21(24)17-13-16-15-11-7-8-12-18(15)23(2)20(16)19(22-17)14-9-5-4-6-10-14/h4-13H,3H2,1-2H3. The molecule has 2 aromatic heterocycles. The number of pyridine rings is 1. The van der Waals surface area contributed by atoms with Gasteiger partial charge in [-0.3, -0.25) is 0 Å². The average Bonchev–Trinajstić information content (AvgIpc) is 2.95. The van der Waals surface area contributed by atoms with Gasteiger partial charge in [0.1, 0.15) is 5.69 Å². The summed E-state index contributed by atoms with van der Waals surface area (Å²) in [4.78, 5) is 17.0. The summed E-state index contributed by atoms with van der Waals surface area (Å²) in [7, 11) is 2.03. The van der Waals surface area contributed by atoms with Crippen molar-refractivity contribution in [1.82, 2.24) is 9.55 Å². The van der Waals surface area contributed by atoms with Crippen LogP contribution < -0.4 is 0 Å². The van der Waals surface area contributed by atoms with Gasteiger partial charge in [0.05, 0.1) is 17.8 Å². The van der Waals surface area contributed by atoms with E-state index in [0.717, 1.165) is 33.1 Å². The van der Waals surface area contributed by atoms with Gasteiger partial charge in [-0.1, -0.05) is 48.5 Å². The van der Waals surface area contributed by atoms with Crippen molar-refractivity contribution >= 4 is 27.8 Å². The second-order valence-electron chi connectivity index (χ2n) is 5.91. The zero-order valence-corrected chi connectivity index (χ0v) is 14.2. The minimum atomic E-state index is -0.394. The normalized spacial score (nSPS) is 11.1. The molecule has 0 saturated heterocycles. The van der Waals surface area contributed by atoms with Gasteiger partial charge in [-0.25, -0.2) is 9.78 Å². The fraction of sp³-hybridized carbons (Fsp3) is 0.143. The van der Waals surface area contributed by atoms with Gasteiger partial charge in [-0.15, -0.1) is 0 Å². The molecule has 124 valence electrons. The molecule has 0 saturated carbocycles. The maximum absolute atomic E-state index is 12.3. The third kappa shape index (κ3) is 2.47. The number of nitrogens with zero attached hydrogens (tertiary/aromatic N) is 2. The molecule has 0 aliphatic heterocycles. The lowest BCUT2D eigenvalue weighted by Crippen LogP contribution is -2.08. The molecule has 4 aromatic rings. The highest BCUT2D eigenvalue weighted by atomic mass is 16.5. The van der Waals surface area contributed by atoms with Crippen LogP contribution in [-0.4, -0.2) is 22.1 Å². The molecule has 0 aliphatic rings. The topological polar surface area (TPSA) is 44.1 Å². The number of aryl methyl sites for hydroxylation is 1. The van der Waals surface area contributed by atoms with Crippen LogP contribution in [0, 0.1) is 0 Å². The first-order valence-corrected chi connectivity index (χ1v) is 8.31. The molecule has 0 spiro atoms. The number of carbonyl (C=O) groups is 1. The van der Waals surface area contributed by atoms with E-state index in [-0.39, 0.29) is 0 Å². The van der Waals surface area contributed by atoms with Crippen molar-refractivity contribution in [2.45, 2.75) is 6.92 Å². The lowest BCUT2D eigenvalue weighted by atomic mass is 10.1. The van der Waals surface area contributed by atoms with Gasteiger partial charge in [-0.2, -0.15) is 0 Å². The fourth-order valence-electron chi connectivity index (χ4n) is 3.30. The van der Waals surface area contributed by atoms with E-state index in [1.165, 1.54) is 0 Å². The van der Waals surface area contributed by atoms with Crippen LogP contribution >= 0.6 is 0 Å². The Kier molecular flexibility index (Phi) is 3.73. The largest absolute Gasteiger partial charge is 0.461 e. The first-order valence-electron chi connectivity index (χ1n) is 8.31. The summed E-state index contributed by atoms with van der Waals surface area (Å²) in [6.07, 6.45) is 0. The maximum atomic E-state index is 12.3. The molecule has 0 bridgehead atoms. The van der Waals surface area contributed by atoms with Gasteiger partial charge < -0.3 is 9.30 Å². The maximum Gasteiger partial charge on any atom is 0.356 e. The number of benzene rings is 2. The number of hydrogen-bond donors (Lipinski definition) is 0. The summed E-state index contributed by atoms with van der Waals surface area (Å²) >= 11 is 0. The SMILES string of the molecule is CCOC(=O)c1cc2c3ccccc3n(C)c2c(-c2ccccc2)n1. The number of aromatic nitrogens is 2. The first kappa shape index (κ1) is 15.4. The van der Waals surface area contributed by atoms with Gasteiger partial charge >= 0.3 is 5.97 Å². The molecular weight excluding hydrogens is 312 g/mol. The van der Waals surface area contributed by atoms with Crippen LogP contribution in [-0.2, 0) is 11.8 Å². The van der Waals surface area contributed by atoms with E-state index < -0.39 is 5.97 Å². The summed E-state index contributed by atoms with van der Waals surface area (Å²) in [5.41, 5.74) is 4.23.